The van der Waals surface area contributed by atoms with Gasteiger partial charge in [-0.3, -0.25) is 9.59 Å². The maximum Gasteiger partial charge on any atom is 0.239 e. The van der Waals surface area contributed by atoms with Crippen LogP contribution < -0.4 is 5.32 Å². The van der Waals surface area contributed by atoms with Crippen LogP contribution in [0.15, 0.2) is 0 Å². The number of ether oxygens (including phenoxy) is 1. The van der Waals surface area contributed by atoms with Gasteiger partial charge < -0.3 is 15.0 Å². The van der Waals surface area contributed by atoms with Crippen LogP contribution in [0.3, 0.4) is 0 Å². The SMILES string of the molecule is CCC(=O)N(CC)CC(=O)NCCOC. The Hall–Kier alpha value is -1.10. The molecule has 0 spiro atoms. The molecule has 2 amide bonds. The van der Waals surface area contributed by atoms with Gasteiger partial charge in [0.15, 0.2) is 0 Å². The fraction of sp³-hybridized carbons (Fsp3) is 0.800. The average Bonchev–Trinajstić information content (AvgIpc) is 2.25. The first-order valence-electron chi connectivity index (χ1n) is 5.19. The maximum atomic E-state index is 11.3. The minimum Gasteiger partial charge on any atom is -0.383 e. The van der Waals surface area contributed by atoms with Crippen LogP contribution in [0.5, 0.6) is 0 Å². The van der Waals surface area contributed by atoms with E-state index in [1.54, 1.807) is 14.0 Å². The van der Waals surface area contributed by atoms with E-state index in [1.807, 2.05) is 6.92 Å². The number of nitrogens with zero attached hydrogens (tertiary/aromatic N) is 1. The smallest absolute Gasteiger partial charge is 0.239 e. The van der Waals surface area contributed by atoms with E-state index in [-0.39, 0.29) is 18.4 Å². The Kier molecular flexibility index (Phi) is 7.62. The van der Waals surface area contributed by atoms with Gasteiger partial charge in [-0.05, 0) is 6.92 Å². The zero-order valence-electron chi connectivity index (χ0n) is 9.71. The Morgan fingerprint density at radius 2 is 2.00 bits per heavy atom. The van der Waals surface area contributed by atoms with E-state index < -0.39 is 0 Å². The van der Waals surface area contributed by atoms with E-state index >= 15 is 0 Å². The summed E-state index contributed by atoms with van der Waals surface area (Å²) in [7, 11) is 1.57. The number of likely N-dealkylation sites (N-methyl/N-ethyl adjacent to an activating group) is 1. The molecule has 0 aliphatic heterocycles. The highest BCUT2D eigenvalue weighted by atomic mass is 16.5. The Balaban J connectivity index is 3.85. The fourth-order valence-corrected chi connectivity index (χ4v) is 1.12. The van der Waals surface area contributed by atoms with Crippen LogP contribution in [0.2, 0.25) is 0 Å². The van der Waals surface area contributed by atoms with Gasteiger partial charge in [0.25, 0.3) is 0 Å². The zero-order valence-corrected chi connectivity index (χ0v) is 9.71. The number of carbonyl (C=O) groups excluding carboxylic acids is 2. The lowest BCUT2D eigenvalue weighted by molar-refractivity contribution is -0.135. The number of rotatable bonds is 7. The van der Waals surface area contributed by atoms with Crippen molar-refractivity contribution in [3.05, 3.63) is 0 Å². The monoisotopic (exact) mass is 216 g/mol. The Bertz CT molecular complexity index is 207. The molecule has 0 aliphatic rings. The van der Waals surface area contributed by atoms with Crippen molar-refractivity contribution in [2.45, 2.75) is 20.3 Å². The molecule has 0 heterocycles. The predicted molar refractivity (Wildman–Crippen MR) is 57.4 cm³/mol. The average molecular weight is 216 g/mol. The Labute approximate surface area is 90.8 Å². The third-order valence-electron chi connectivity index (χ3n) is 2.00. The van der Waals surface area contributed by atoms with Crippen molar-refractivity contribution < 1.29 is 14.3 Å². The molecule has 0 saturated heterocycles. The van der Waals surface area contributed by atoms with E-state index in [0.717, 1.165) is 0 Å². The van der Waals surface area contributed by atoms with Crippen molar-refractivity contribution in [1.82, 2.24) is 10.2 Å². The lowest BCUT2D eigenvalue weighted by Gasteiger charge is -2.19. The number of carbonyl (C=O) groups is 2. The molecule has 1 N–H and O–H groups in total. The summed E-state index contributed by atoms with van der Waals surface area (Å²) in [5, 5.41) is 2.67. The standard InChI is InChI=1S/C10H20N2O3/c1-4-10(14)12(5-2)8-9(13)11-6-7-15-3/h4-8H2,1-3H3,(H,11,13). The first-order chi connectivity index (χ1) is 7.15. The van der Waals surface area contributed by atoms with Crippen molar-refractivity contribution in [2.75, 3.05) is 33.4 Å². The van der Waals surface area contributed by atoms with E-state index in [0.29, 0.717) is 26.1 Å². The van der Waals surface area contributed by atoms with E-state index in [2.05, 4.69) is 5.32 Å². The predicted octanol–water partition coefficient (Wildman–Crippen LogP) is 0.00750. The molecule has 0 atom stereocenters. The normalized spacial score (nSPS) is 9.80. The zero-order chi connectivity index (χ0) is 11.7. The molecule has 5 heteroatoms. The number of amides is 2. The van der Waals surface area contributed by atoms with E-state index in [9.17, 15) is 9.59 Å². The molecule has 0 unspecified atom stereocenters. The summed E-state index contributed by atoms with van der Waals surface area (Å²) < 4.78 is 4.80. The molecule has 0 fully saturated rings. The molecule has 0 rings (SSSR count). The van der Waals surface area contributed by atoms with Gasteiger partial charge >= 0.3 is 0 Å². The summed E-state index contributed by atoms with van der Waals surface area (Å²) in [5.74, 6) is -0.143. The van der Waals surface area contributed by atoms with Crippen molar-refractivity contribution >= 4 is 11.8 Å². The first-order valence-corrected chi connectivity index (χ1v) is 5.19. The van der Waals surface area contributed by atoms with Crippen LogP contribution in [-0.2, 0) is 14.3 Å². The van der Waals surface area contributed by atoms with Gasteiger partial charge in [-0.1, -0.05) is 6.92 Å². The van der Waals surface area contributed by atoms with Crippen molar-refractivity contribution in [2.24, 2.45) is 0 Å². The molecular formula is C10H20N2O3. The summed E-state index contributed by atoms with van der Waals surface area (Å²) in [6.45, 7) is 5.30. The van der Waals surface area contributed by atoms with Crippen LogP contribution in [0.1, 0.15) is 20.3 Å². The molecule has 5 nitrogen and oxygen atoms in total. The highest BCUT2D eigenvalue weighted by Crippen LogP contribution is 1.92. The van der Waals surface area contributed by atoms with E-state index in [1.165, 1.54) is 4.90 Å². The van der Waals surface area contributed by atoms with Gasteiger partial charge in [0.05, 0.1) is 13.2 Å². The fourth-order valence-electron chi connectivity index (χ4n) is 1.12. The summed E-state index contributed by atoms with van der Waals surface area (Å²) >= 11 is 0. The van der Waals surface area contributed by atoms with Gasteiger partial charge in [0.1, 0.15) is 0 Å². The molecule has 15 heavy (non-hydrogen) atoms. The topological polar surface area (TPSA) is 58.6 Å². The van der Waals surface area contributed by atoms with Crippen molar-refractivity contribution in [3.63, 3.8) is 0 Å². The van der Waals surface area contributed by atoms with Crippen LogP contribution in [-0.4, -0.2) is 50.1 Å². The van der Waals surface area contributed by atoms with E-state index in [4.69, 9.17) is 4.74 Å². The number of nitrogens with one attached hydrogen (secondary N) is 1. The third kappa shape index (κ3) is 6.06. The summed E-state index contributed by atoms with van der Waals surface area (Å²) in [4.78, 5) is 24.2. The molecular weight excluding hydrogens is 196 g/mol. The minimum absolute atomic E-state index is 0.000563. The van der Waals surface area contributed by atoms with Gasteiger partial charge in [-0.15, -0.1) is 0 Å². The minimum atomic E-state index is -0.143. The van der Waals surface area contributed by atoms with Crippen LogP contribution in [0.4, 0.5) is 0 Å². The number of hydrogen-bond acceptors (Lipinski definition) is 3. The summed E-state index contributed by atoms with van der Waals surface area (Å²) in [6, 6.07) is 0. The lowest BCUT2D eigenvalue weighted by Crippen LogP contribution is -2.41. The number of methoxy groups -OCH3 is 1. The second-order valence-corrected chi connectivity index (χ2v) is 3.10. The molecule has 0 aliphatic carbocycles. The van der Waals surface area contributed by atoms with Gasteiger partial charge in [0.2, 0.25) is 11.8 Å². The maximum absolute atomic E-state index is 11.3. The molecule has 0 aromatic rings. The first kappa shape index (κ1) is 13.9. The Morgan fingerprint density at radius 3 is 2.47 bits per heavy atom. The second kappa shape index (κ2) is 8.23. The van der Waals surface area contributed by atoms with Crippen molar-refractivity contribution in [1.29, 1.82) is 0 Å². The molecule has 0 aromatic carbocycles. The van der Waals surface area contributed by atoms with Crippen LogP contribution >= 0.6 is 0 Å². The van der Waals surface area contributed by atoms with Crippen molar-refractivity contribution in [3.8, 4) is 0 Å². The summed E-state index contributed by atoms with van der Waals surface area (Å²) in [5.41, 5.74) is 0. The third-order valence-corrected chi connectivity index (χ3v) is 2.00. The number of hydrogen-bond donors (Lipinski definition) is 1. The molecule has 0 bridgehead atoms. The molecule has 88 valence electrons. The molecule has 0 saturated carbocycles. The summed E-state index contributed by atoms with van der Waals surface area (Å²) in [6.07, 6.45) is 0.430. The van der Waals surface area contributed by atoms with Crippen LogP contribution in [0.25, 0.3) is 0 Å². The highest BCUT2D eigenvalue weighted by Gasteiger charge is 2.12. The van der Waals surface area contributed by atoms with Gasteiger partial charge in [-0.2, -0.15) is 0 Å². The van der Waals surface area contributed by atoms with Crippen LogP contribution in [0, 0.1) is 0 Å². The van der Waals surface area contributed by atoms with Gasteiger partial charge in [-0.25, -0.2) is 0 Å². The quantitative estimate of drug-likeness (QED) is 0.610. The van der Waals surface area contributed by atoms with Gasteiger partial charge in [0, 0.05) is 26.6 Å². The largest absolute Gasteiger partial charge is 0.383 e. The molecule has 0 radical (unpaired) electrons. The highest BCUT2D eigenvalue weighted by molar-refractivity contribution is 5.84. The Morgan fingerprint density at radius 1 is 1.33 bits per heavy atom. The molecule has 0 aromatic heterocycles. The lowest BCUT2D eigenvalue weighted by atomic mass is 10.3. The second-order valence-electron chi connectivity index (χ2n) is 3.10.